The summed E-state index contributed by atoms with van der Waals surface area (Å²) < 4.78 is 1.95. The largest absolute Gasteiger partial charge is 0.324 e. The monoisotopic (exact) mass is 225 g/mol. The van der Waals surface area contributed by atoms with E-state index in [0.717, 1.165) is 23.9 Å². The maximum absolute atomic E-state index is 8.86. The summed E-state index contributed by atoms with van der Waals surface area (Å²) in [6.07, 6.45) is 0.801. The van der Waals surface area contributed by atoms with Gasteiger partial charge in [-0.1, -0.05) is 18.7 Å². The molecule has 0 saturated carbocycles. The van der Waals surface area contributed by atoms with Gasteiger partial charge in [0.25, 0.3) is 0 Å². The number of nitrogens with zero attached hydrogens (tertiary/aromatic N) is 4. The van der Waals surface area contributed by atoms with Crippen LogP contribution in [0.25, 0.3) is 0 Å². The normalized spacial score (nSPS) is 12.4. The van der Waals surface area contributed by atoms with Gasteiger partial charge in [0.1, 0.15) is 5.82 Å². The lowest BCUT2D eigenvalue weighted by Gasteiger charge is -2.07. The molecule has 0 bridgehead atoms. The van der Waals surface area contributed by atoms with Crippen molar-refractivity contribution in [3.05, 3.63) is 5.82 Å². The van der Waals surface area contributed by atoms with Crippen LogP contribution in [-0.4, -0.2) is 20.0 Å². The molecule has 1 unspecified atom stereocenters. The highest BCUT2D eigenvalue weighted by Crippen LogP contribution is 2.23. The summed E-state index contributed by atoms with van der Waals surface area (Å²) in [5.74, 6) is 0.771. The Bertz CT molecular complexity index is 354. The summed E-state index contributed by atoms with van der Waals surface area (Å²) in [6, 6.07) is 2.23. The van der Waals surface area contributed by atoms with Gasteiger partial charge in [0.2, 0.25) is 0 Å². The zero-order valence-electron chi connectivity index (χ0n) is 8.97. The number of hydrogen-bond donors (Lipinski definition) is 1. The summed E-state index contributed by atoms with van der Waals surface area (Å²) in [5, 5.41) is 17.6. The molecular formula is C9H15N5S. The van der Waals surface area contributed by atoms with Crippen LogP contribution >= 0.6 is 11.8 Å². The molecule has 0 saturated heterocycles. The molecule has 5 nitrogen and oxygen atoms in total. The van der Waals surface area contributed by atoms with Crippen LogP contribution in [0.2, 0.25) is 0 Å². The highest BCUT2D eigenvalue weighted by molar-refractivity contribution is 8.00. The van der Waals surface area contributed by atoms with E-state index < -0.39 is 0 Å². The van der Waals surface area contributed by atoms with E-state index in [9.17, 15) is 0 Å². The van der Waals surface area contributed by atoms with E-state index in [1.165, 1.54) is 11.8 Å². The summed E-state index contributed by atoms with van der Waals surface area (Å²) in [5.41, 5.74) is 5.54. The molecule has 0 aliphatic carbocycles. The fourth-order valence-electron chi connectivity index (χ4n) is 1.20. The third kappa shape index (κ3) is 2.70. The van der Waals surface area contributed by atoms with E-state index in [0.29, 0.717) is 6.54 Å². The van der Waals surface area contributed by atoms with Gasteiger partial charge in [-0.2, -0.15) is 5.26 Å². The van der Waals surface area contributed by atoms with Gasteiger partial charge in [0.15, 0.2) is 5.16 Å². The summed E-state index contributed by atoms with van der Waals surface area (Å²) in [6.45, 7) is 5.16. The second-order valence-corrected chi connectivity index (χ2v) is 4.16. The lowest BCUT2D eigenvalue weighted by Crippen LogP contribution is -2.09. The quantitative estimate of drug-likeness (QED) is 0.760. The van der Waals surface area contributed by atoms with E-state index >= 15 is 0 Å². The number of aromatic nitrogens is 3. The van der Waals surface area contributed by atoms with E-state index in [2.05, 4.69) is 16.3 Å². The molecule has 0 spiro atoms. The molecule has 1 heterocycles. The van der Waals surface area contributed by atoms with Gasteiger partial charge in [-0.05, 0) is 13.3 Å². The Kier molecular flexibility index (Phi) is 4.59. The number of thioether (sulfide) groups is 1. The van der Waals surface area contributed by atoms with Crippen molar-refractivity contribution < 1.29 is 0 Å². The molecule has 0 aromatic carbocycles. The fourth-order valence-corrected chi connectivity index (χ4v) is 2.13. The van der Waals surface area contributed by atoms with Crippen molar-refractivity contribution in [2.24, 2.45) is 5.73 Å². The second kappa shape index (κ2) is 5.73. The van der Waals surface area contributed by atoms with Gasteiger partial charge in [-0.25, -0.2) is 0 Å². The van der Waals surface area contributed by atoms with Crippen LogP contribution in [0.15, 0.2) is 5.16 Å². The number of nitriles is 1. The highest BCUT2D eigenvalue weighted by atomic mass is 32.2. The summed E-state index contributed by atoms with van der Waals surface area (Å²) >= 11 is 1.45. The Labute approximate surface area is 93.7 Å². The first-order chi connectivity index (χ1) is 7.26. The standard InChI is InChI=1S/C9H15N5S/c1-3-7(5-10)15-9-13-12-8(6-11)14(9)4-2/h7H,3-4,6,11H2,1-2H3. The van der Waals surface area contributed by atoms with E-state index in [-0.39, 0.29) is 5.25 Å². The van der Waals surface area contributed by atoms with Crippen LogP contribution < -0.4 is 5.73 Å². The zero-order valence-corrected chi connectivity index (χ0v) is 9.79. The Balaban J connectivity index is 2.85. The molecular weight excluding hydrogens is 210 g/mol. The number of hydrogen-bond acceptors (Lipinski definition) is 5. The first kappa shape index (κ1) is 12.0. The predicted octanol–water partition coefficient (Wildman–Crippen LogP) is 1.15. The van der Waals surface area contributed by atoms with Crippen LogP contribution in [0, 0.1) is 11.3 Å². The average Bonchev–Trinajstić information content (AvgIpc) is 2.67. The molecule has 15 heavy (non-hydrogen) atoms. The van der Waals surface area contributed by atoms with Crippen molar-refractivity contribution in [2.45, 2.75) is 43.8 Å². The van der Waals surface area contributed by atoms with Gasteiger partial charge in [-0.15, -0.1) is 10.2 Å². The summed E-state index contributed by atoms with van der Waals surface area (Å²) in [7, 11) is 0. The molecule has 0 aliphatic heterocycles. The number of nitrogens with two attached hydrogens (primary N) is 1. The minimum absolute atomic E-state index is 0.0647. The zero-order chi connectivity index (χ0) is 11.3. The van der Waals surface area contributed by atoms with Crippen molar-refractivity contribution in [1.82, 2.24) is 14.8 Å². The molecule has 0 aliphatic rings. The molecule has 0 fully saturated rings. The molecule has 1 aromatic rings. The smallest absolute Gasteiger partial charge is 0.192 e. The van der Waals surface area contributed by atoms with Crippen LogP contribution in [0.4, 0.5) is 0 Å². The topological polar surface area (TPSA) is 80.5 Å². The highest BCUT2D eigenvalue weighted by Gasteiger charge is 2.14. The molecule has 2 N–H and O–H groups in total. The maximum atomic E-state index is 8.86. The van der Waals surface area contributed by atoms with Crippen LogP contribution in [0.3, 0.4) is 0 Å². The summed E-state index contributed by atoms with van der Waals surface area (Å²) in [4.78, 5) is 0. The fraction of sp³-hybridized carbons (Fsp3) is 0.667. The van der Waals surface area contributed by atoms with Gasteiger partial charge < -0.3 is 10.3 Å². The third-order valence-corrected chi connectivity index (χ3v) is 3.29. The van der Waals surface area contributed by atoms with Crippen LogP contribution in [0.5, 0.6) is 0 Å². The van der Waals surface area contributed by atoms with E-state index in [4.69, 9.17) is 11.0 Å². The Morgan fingerprint density at radius 2 is 2.27 bits per heavy atom. The number of rotatable bonds is 5. The van der Waals surface area contributed by atoms with Crippen LogP contribution in [-0.2, 0) is 13.1 Å². The Morgan fingerprint density at radius 3 is 2.73 bits per heavy atom. The molecule has 82 valence electrons. The van der Waals surface area contributed by atoms with Gasteiger partial charge in [0.05, 0.1) is 17.9 Å². The Morgan fingerprint density at radius 1 is 1.53 bits per heavy atom. The second-order valence-electron chi connectivity index (χ2n) is 2.99. The molecule has 1 rings (SSSR count). The first-order valence-electron chi connectivity index (χ1n) is 4.95. The lowest BCUT2D eigenvalue weighted by atomic mass is 10.4. The third-order valence-electron chi connectivity index (χ3n) is 2.05. The molecule has 0 amide bonds. The lowest BCUT2D eigenvalue weighted by molar-refractivity contribution is 0.642. The van der Waals surface area contributed by atoms with Gasteiger partial charge >= 0.3 is 0 Å². The molecule has 6 heteroatoms. The van der Waals surface area contributed by atoms with Gasteiger partial charge in [0, 0.05) is 6.54 Å². The predicted molar refractivity (Wildman–Crippen MR) is 59.1 cm³/mol. The van der Waals surface area contributed by atoms with Crippen molar-refractivity contribution >= 4 is 11.8 Å². The minimum atomic E-state index is -0.0647. The van der Waals surface area contributed by atoms with E-state index in [1.54, 1.807) is 0 Å². The molecule has 1 atom stereocenters. The van der Waals surface area contributed by atoms with Crippen molar-refractivity contribution in [1.29, 1.82) is 5.26 Å². The average molecular weight is 225 g/mol. The van der Waals surface area contributed by atoms with E-state index in [1.807, 2.05) is 18.4 Å². The maximum Gasteiger partial charge on any atom is 0.192 e. The van der Waals surface area contributed by atoms with Crippen molar-refractivity contribution in [3.63, 3.8) is 0 Å². The minimum Gasteiger partial charge on any atom is -0.324 e. The van der Waals surface area contributed by atoms with Crippen LogP contribution in [0.1, 0.15) is 26.1 Å². The van der Waals surface area contributed by atoms with Gasteiger partial charge in [-0.3, -0.25) is 0 Å². The molecule has 0 radical (unpaired) electrons. The SMILES string of the molecule is CCC(C#N)Sc1nnc(CN)n1CC. The van der Waals surface area contributed by atoms with Crippen molar-refractivity contribution in [3.8, 4) is 6.07 Å². The molecule has 1 aromatic heterocycles. The first-order valence-corrected chi connectivity index (χ1v) is 5.83. The van der Waals surface area contributed by atoms with Crippen molar-refractivity contribution in [2.75, 3.05) is 0 Å². The Hall–Kier alpha value is -1.06.